The number of carbonyl (C=O) groups excluding carboxylic acids is 1. The summed E-state index contributed by atoms with van der Waals surface area (Å²) in [6, 6.07) is 8.10. The first kappa shape index (κ1) is 16.1. The van der Waals surface area contributed by atoms with Gasteiger partial charge in [-0.15, -0.1) is 10.2 Å². The number of nitrogens with zero attached hydrogens (tertiary/aromatic N) is 3. The summed E-state index contributed by atoms with van der Waals surface area (Å²) >= 11 is 1.68. The van der Waals surface area contributed by atoms with Gasteiger partial charge in [-0.2, -0.15) is 0 Å². The lowest BCUT2D eigenvalue weighted by molar-refractivity contribution is -0.117. The number of benzene rings is 1. The van der Waals surface area contributed by atoms with Crippen molar-refractivity contribution < 1.29 is 9.53 Å². The van der Waals surface area contributed by atoms with Gasteiger partial charge in [-0.1, -0.05) is 11.8 Å². The summed E-state index contributed by atoms with van der Waals surface area (Å²) < 4.78 is 7.36. The highest BCUT2D eigenvalue weighted by Gasteiger charge is 2.26. The summed E-state index contributed by atoms with van der Waals surface area (Å²) in [6.07, 6.45) is 2.28. The first-order valence-corrected chi connectivity index (χ1v) is 8.74. The zero-order chi connectivity index (χ0) is 16.4. The van der Waals surface area contributed by atoms with E-state index in [9.17, 15) is 4.79 Å². The van der Waals surface area contributed by atoms with Crippen molar-refractivity contribution in [2.75, 3.05) is 7.11 Å². The summed E-state index contributed by atoms with van der Waals surface area (Å²) in [5.74, 6) is 2.03. The van der Waals surface area contributed by atoms with Crippen molar-refractivity contribution in [1.82, 2.24) is 14.8 Å². The van der Waals surface area contributed by atoms with Crippen molar-refractivity contribution in [1.29, 1.82) is 0 Å². The molecule has 0 spiro atoms. The molecule has 3 rings (SSSR count). The third-order valence-electron chi connectivity index (χ3n) is 4.00. The van der Waals surface area contributed by atoms with Crippen LogP contribution in [-0.2, 0) is 4.79 Å². The fourth-order valence-corrected chi connectivity index (χ4v) is 4.09. The Hall–Kier alpha value is -1.82. The topological polar surface area (TPSA) is 57.0 Å². The molecular formula is C17H21N3O2S. The molecule has 1 atom stereocenters. The zero-order valence-corrected chi connectivity index (χ0v) is 14.5. The number of ketones is 1. The fraction of sp³-hybridized carbons (Fsp3) is 0.471. The normalized spacial score (nSPS) is 17.9. The van der Waals surface area contributed by atoms with E-state index in [1.165, 1.54) is 0 Å². The Balaban J connectivity index is 1.89. The molecule has 6 heteroatoms. The number of carbonyl (C=O) groups is 1. The highest BCUT2D eigenvalue weighted by molar-refractivity contribution is 7.99. The Labute approximate surface area is 140 Å². The molecule has 0 unspecified atom stereocenters. The van der Waals surface area contributed by atoms with Gasteiger partial charge in [-0.25, -0.2) is 0 Å². The van der Waals surface area contributed by atoms with E-state index in [4.69, 9.17) is 4.74 Å². The summed E-state index contributed by atoms with van der Waals surface area (Å²) in [6.45, 7) is 4.25. The molecule has 1 aromatic heterocycles. The highest BCUT2D eigenvalue weighted by atomic mass is 32.2. The van der Waals surface area contributed by atoms with E-state index in [0.717, 1.165) is 28.7 Å². The maximum Gasteiger partial charge on any atom is 0.192 e. The molecule has 0 amide bonds. The van der Waals surface area contributed by atoms with Crippen molar-refractivity contribution in [3.63, 3.8) is 0 Å². The number of hydrogen-bond acceptors (Lipinski definition) is 5. The van der Waals surface area contributed by atoms with Crippen LogP contribution in [0.5, 0.6) is 5.75 Å². The number of Topliss-reactive ketones (excluding diaryl/α,β-unsaturated/α-hetero) is 1. The molecule has 0 saturated heterocycles. The summed E-state index contributed by atoms with van der Waals surface area (Å²) in [5.41, 5.74) is 1.02. The fourth-order valence-electron chi connectivity index (χ4n) is 2.79. The Morgan fingerprint density at radius 3 is 2.57 bits per heavy atom. The van der Waals surface area contributed by atoms with Crippen LogP contribution < -0.4 is 4.74 Å². The van der Waals surface area contributed by atoms with E-state index in [2.05, 4.69) is 28.6 Å². The molecular weight excluding hydrogens is 310 g/mol. The predicted octanol–water partition coefficient (Wildman–Crippen LogP) is 3.75. The molecule has 0 N–H and O–H groups in total. The van der Waals surface area contributed by atoms with E-state index in [1.807, 2.05) is 24.3 Å². The largest absolute Gasteiger partial charge is 0.497 e. The standard InChI is InChI=1S/C17H21N3O2S/c1-11(2)20-16(12-4-7-14(22-3)8-5-12)18-19-17(20)23-15-9-6-13(21)10-15/h4-5,7-8,11,15H,6,9-10H2,1-3H3/t15-/m1/s1. The number of thioether (sulfide) groups is 1. The molecule has 1 saturated carbocycles. The van der Waals surface area contributed by atoms with Crippen molar-refractivity contribution in [2.24, 2.45) is 0 Å². The number of methoxy groups -OCH3 is 1. The van der Waals surface area contributed by atoms with Crippen LogP contribution in [0.3, 0.4) is 0 Å². The van der Waals surface area contributed by atoms with Gasteiger partial charge in [0.2, 0.25) is 0 Å². The highest BCUT2D eigenvalue weighted by Crippen LogP contribution is 2.35. The zero-order valence-electron chi connectivity index (χ0n) is 13.7. The Bertz CT molecular complexity index is 694. The lowest BCUT2D eigenvalue weighted by Crippen LogP contribution is -2.07. The van der Waals surface area contributed by atoms with Gasteiger partial charge in [0.25, 0.3) is 0 Å². The Kier molecular flexibility index (Phi) is 4.71. The number of rotatable bonds is 5. The van der Waals surface area contributed by atoms with Crippen LogP contribution in [0.15, 0.2) is 29.4 Å². The molecule has 1 fully saturated rings. The van der Waals surface area contributed by atoms with Gasteiger partial charge in [-0.3, -0.25) is 9.36 Å². The first-order chi connectivity index (χ1) is 11.1. The third-order valence-corrected chi connectivity index (χ3v) is 5.23. The SMILES string of the molecule is COc1ccc(-c2nnc(S[C@@H]3CCC(=O)C3)n2C(C)C)cc1. The van der Waals surface area contributed by atoms with Crippen LogP contribution >= 0.6 is 11.8 Å². The van der Waals surface area contributed by atoms with Crippen molar-refractivity contribution >= 4 is 17.5 Å². The van der Waals surface area contributed by atoms with Gasteiger partial charge in [0.1, 0.15) is 11.5 Å². The second-order valence-electron chi connectivity index (χ2n) is 6.02. The second kappa shape index (κ2) is 6.74. The molecule has 122 valence electrons. The molecule has 23 heavy (non-hydrogen) atoms. The minimum atomic E-state index is 0.252. The van der Waals surface area contributed by atoms with Crippen molar-refractivity contribution in [2.45, 2.75) is 49.6 Å². The quantitative estimate of drug-likeness (QED) is 0.835. The smallest absolute Gasteiger partial charge is 0.192 e. The number of ether oxygens (including phenoxy) is 1. The van der Waals surface area contributed by atoms with Crippen LogP contribution in [0.25, 0.3) is 11.4 Å². The molecule has 5 nitrogen and oxygen atoms in total. The maximum atomic E-state index is 11.5. The minimum Gasteiger partial charge on any atom is -0.497 e. The summed E-state index contributed by atoms with van der Waals surface area (Å²) in [7, 11) is 1.66. The van der Waals surface area contributed by atoms with E-state index in [0.29, 0.717) is 23.9 Å². The van der Waals surface area contributed by atoms with E-state index in [1.54, 1.807) is 18.9 Å². The monoisotopic (exact) mass is 331 g/mol. The number of aromatic nitrogens is 3. The van der Waals surface area contributed by atoms with Crippen LogP contribution in [-0.4, -0.2) is 32.9 Å². The lowest BCUT2D eigenvalue weighted by Gasteiger charge is -2.15. The molecule has 1 aliphatic rings. The van der Waals surface area contributed by atoms with Crippen LogP contribution in [0.4, 0.5) is 0 Å². The van der Waals surface area contributed by atoms with Crippen molar-refractivity contribution in [3.8, 4) is 17.1 Å². The van der Waals surface area contributed by atoms with Gasteiger partial charge in [0.05, 0.1) is 7.11 Å². The van der Waals surface area contributed by atoms with Crippen molar-refractivity contribution in [3.05, 3.63) is 24.3 Å². The van der Waals surface area contributed by atoms with Gasteiger partial charge < -0.3 is 4.74 Å². The van der Waals surface area contributed by atoms with Gasteiger partial charge in [0, 0.05) is 29.7 Å². The average molecular weight is 331 g/mol. The minimum absolute atomic E-state index is 0.252. The van der Waals surface area contributed by atoms with E-state index in [-0.39, 0.29) is 6.04 Å². The molecule has 1 aromatic carbocycles. The molecule has 2 aromatic rings. The van der Waals surface area contributed by atoms with Crippen LogP contribution in [0, 0.1) is 0 Å². The predicted molar refractivity (Wildman–Crippen MR) is 90.9 cm³/mol. The van der Waals surface area contributed by atoms with Gasteiger partial charge >= 0.3 is 0 Å². The first-order valence-electron chi connectivity index (χ1n) is 7.86. The third kappa shape index (κ3) is 3.42. The van der Waals surface area contributed by atoms with Gasteiger partial charge in [0.15, 0.2) is 11.0 Å². The summed E-state index contributed by atoms with van der Waals surface area (Å²) in [4.78, 5) is 11.5. The van der Waals surface area contributed by atoms with E-state index < -0.39 is 0 Å². The lowest BCUT2D eigenvalue weighted by atomic mass is 10.2. The Morgan fingerprint density at radius 1 is 1.26 bits per heavy atom. The molecule has 1 heterocycles. The molecule has 0 aliphatic heterocycles. The van der Waals surface area contributed by atoms with Crippen LogP contribution in [0.2, 0.25) is 0 Å². The second-order valence-corrected chi connectivity index (χ2v) is 7.29. The molecule has 0 bridgehead atoms. The average Bonchev–Trinajstić information content (AvgIpc) is 3.14. The maximum absolute atomic E-state index is 11.5. The van der Waals surface area contributed by atoms with Gasteiger partial charge in [-0.05, 0) is 44.5 Å². The number of hydrogen-bond donors (Lipinski definition) is 0. The van der Waals surface area contributed by atoms with Crippen LogP contribution in [0.1, 0.15) is 39.2 Å². The molecule has 1 aliphatic carbocycles. The van der Waals surface area contributed by atoms with E-state index >= 15 is 0 Å². The molecule has 0 radical (unpaired) electrons. The Morgan fingerprint density at radius 2 is 2.00 bits per heavy atom. The summed E-state index contributed by atoms with van der Waals surface area (Å²) in [5, 5.41) is 9.99.